The van der Waals surface area contributed by atoms with Gasteiger partial charge in [0.05, 0.1) is 30.4 Å². The highest BCUT2D eigenvalue weighted by molar-refractivity contribution is 5.74. The molecule has 0 bridgehead atoms. The first kappa shape index (κ1) is 13.9. The zero-order valence-electron chi connectivity index (χ0n) is 11.2. The van der Waals surface area contributed by atoms with Crippen molar-refractivity contribution in [1.29, 1.82) is 0 Å². The van der Waals surface area contributed by atoms with E-state index in [9.17, 15) is 9.59 Å². The van der Waals surface area contributed by atoms with Crippen molar-refractivity contribution in [3.05, 3.63) is 34.0 Å². The number of furan rings is 1. The first-order valence-corrected chi connectivity index (χ1v) is 6.11. The topological polar surface area (TPSA) is 111 Å². The number of nitrogens with one attached hydrogen (secondary N) is 1. The Morgan fingerprint density at radius 2 is 2.30 bits per heavy atom. The molecule has 0 radical (unpaired) electrons. The molecule has 7 heteroatoms. The quantitative estimate of drug-likeness (QED) is 0.807. The fourth-order valence-electron chi connectivity index (χ4n) is 1.80. The summed E-state index contributed by atoms with van der Waals surface area (Å²) in [7, 11) is 0. The molecule has 0 aromatic carbocycles. The summed E-state index contributed by atoms with van der Waals surface area (Å²) in [6.07, 6.45) is 1.29. The van der Waals surface area contributed by atoms with Crippen LogP contribution in [0.1, 0.15) is 18.2 Å². The molecule has 0 atom stereocenters. The van der Waals surface area contributed by atoms with Crippen molar-refractivity contribution < 1.29 is 13.9 Å². The van der Waals surface area contributed by atoms with Crippen LogP contribution in [0.3, 0.4) is 0 Å². The largest absolute Gasteiger partial charge is 0.469 e. The van der Waals surface area contributed by atoms with Gasteiger partial charge in [-0.25, -0.2) is 4.98 Å². The van der Waals surface area contributed by atoms with Gasteiger partial charge in [0.15, 0.2) is 0 Å². The second-order valence-corrected chi connectivity index (χ2v) is 4.15. The van der Waals surface area contributed by atoms with Gasteiger partial charge in [-0.05, 0) is 19.9 Å². The summed E-state index contributed by atoms with van der Waals surface area (Å²) in [5.74, 6) is 0.424. The molecule has 106 valence electrons. The highest BCUT2D eigenvalue weighted by Gasteiger charge is 2.16. The summed E-state index contributed by atoms with van der Waals surface area (Å²) in [5, 5.41) is 0. The molecule has 7 nitrogen and oxygen atoms in total. The Morgan fingerprint density at radius 1 is 1.55 bits per heavy atom. The van der Waals surface area contributed by atoms with Gasteiger partial charge in [-0.3, -0.25) is 9.59 Å². The Kier molecular flexibility index (Phi) is 3.88. The minimum atomic E-state index is -0.515. The molecule has 2 rings (SSSR count). The molecule has 2 heterocycles. The van der Waals surface area contributed by atoms with Gasteiger partial charge in [-0.1, -0.05) is 0 Å². The second kappa shape index (κ2) is 5.60. The lowest BCUT2D eigenvalue weighted by Crippen LogP contribution is -2.22. The molecule has 2 aromatic rings. The monoisotopic (exact) mass is 277 g/mol. The van der Waals surface area contributed by atoms with Crippen LogP contribution in [-0.2, 0) is 16.0 Å². The van der Waals surface area contributed by atoms with Crippen LogP contribution in [0, 0.1) is 6.92 Å². The molecule has 0 aliphatic heterocycles. The normalized spacial score (nSPS) is 10.5. The fourth-order valence-corrected chi connectivity index (χ4v) is 1.80. The van der Waals surface area contributed by atoms with E-state index >= 15 is 0 Å². The highest BCUT2D eigenvalue weighted by atomic mass is 16.5. The predicted molar refractivity (Wildman–Crippen MR) is 72.0 cm³/mol. The van der Waals surface area contributed by atoms with Crippen LogP contribution in [0.25, 0.3) is 11.4 Å². The average molecular weight is 277 g/mol. The zero-order chi connectivity index (χ0) is 14.7. The van der Waals surface area contributed by atoms with Crippen molar-refractivity contribution in [2.24, 2.45) is 0 Å². The Labute approximate surface area is 114 Å². The maximum Gasteiger partial charge on any atom is 0.310 e. The van der Waals surface area contributed by atoms with Gasteiger partial charge >= 0.3 is 5.97 Å². The van der Waals surface area contributed by atoms with Gasteiger partial charge < -0.3 is 19.9 Å². The van der Waals surface area contributed by atoms with E-state index < -0.39 is 11.5 Å². The van der Waals surface area contributed by atoms with Crippen LogP contribution in [0.5, 0.6) is 0 Å². The van der Waals surface area contributed by atoms with Gasteiger partial charge in [0.2, 0.25) is 0 Å². The van der Waals surface area contributed by atoms with Crippen LogP contribution in [0.15, 0.2) is 21.5 Å². The van der Waals surface area contributed by atoms with Crippen LogP contribution in [0.4, 0.5) is 5.82 Å². The van der Waals surface area contributed by atoms with E-state index in [2.05, 4.69) is 9.97 Å². The zero-order valence-corrected chi connectivity index (χ0v) is 11.2. The van der Waals surface area contributed by atoms with Crippen LogP contribution >= 0.6 is 0 Å². The second-order valence-electron chi connectivity index (χ2n) is 4.15. The third kappa shape index (κ3) is 2.71. The Morgan fingerprint density at radius 3 is 2.85 bits per heavy atom. The number of hydrogen-bond acceptors (Lipinski definition) is 6. The minimum Gasteiger partial charge on any atom is -0.469 e. The number of nitrogens with two attached hydrogens (primary N) is 1. The van der Waals surface area contributed by atoms with Crippen LogP contribution in [-0.4, -0.2) is 22.5 Å². The number of aromatic nitrogens is 2. The third-order valence-corrected chi connectivity index (χ3v) is 2.79. The summed E-state index contributed by atoms with van der Waals surface area (Å²) in [4.78, 5) is 30.1. The summed E-state index contributed by atoms with van der Waals surface area (Å²) >= 11 is 0. The van der Waals surface area contributed by atoms with Gasteiger partial charge in [0, 0.05) is 0 Å². The number of aromatic amines is 1. The van der Waals surface area contributed by atoms with Crippen molar-refractivity contribution in [2.75, 3.05) is 12.3 Å². The number of carbonyl (C=O) groups is 1. The number of esters is 1. The van der Waals surface area contributed by atoms with Crippen LogP contribution in [0.2, 0.25) is 0 Å². The molecule has 0 saturated heterocycles. The summed E-state index contributed by atoms with van der Waals surface area (Å²) < 4.78 is 9.94. The van der Waals surface area contributed by atoms with Crippen molar-refractivity contribution in [3.8, 4) is 11.4 Å². The molecule has 0 unspecified atom stereocenters. The Hall–Kier alpha value is -2.57. The summed E-state index contributed by atoms with van der Waals surface area (Å²) in [6, 6.07) is 1.68. The first-order valence-electron chi connectivity index (χ1n) is 6.11. The number of anilines is 1. The maximum absolute atomic E-state index is 12.0. The molecule has 0 fully saturated rings. The molecule has 0 aliphatic rings. The predicted octanol–water partition coefficient (Wildman–Crippen LogP) is 1.03. The minimum absolute atomic E-state index is 0.0115. The number of hydrogen-bond donors (Lipinski definition) is 2. The fraction of sp³-hybridized carbons (Fsp3) is 0.308. The lowest BCUT2D eigenvalue weighted by Gasteiger charge is -2.06. The Balaban J connectivity index is 2.37. The number of nitrogens with zero attached hydrogens (tertiary/aromatic N) is 1. The van der Waals surface area contributed by atoms with Crippen molar-refractivity contribution >= 4 is 11.8 Å². The number of aryl methyl sites for hydroxylation is 1. The molecule has 0 saturated carbocycles. The van der Waals surface area contributed by atoms with Crippen LogP contribution < -0.4 is 11.3 Å². The Bertz CT molecular complexity index is 687. The van der Waals surface area contributed by atoms with Crippen molar-refractivity contribution in [2.45, 2.75) is 20.3 Å². The highest BCUT2D eigenvalue weighted by Crippen LogP contribution is 2.20. The molecular formula is C13H15N3O4. The van der Waals surface area contributed by atoms with Crippen molar-refractivity contribution in [1.82, 2.24) is 9.97 Å². The van der Waals surface area contributed by atoms with E-state index in [1.54, 1.807) is 19.9 Å². The standard InChI is InChI=1S/C13H15N3O4/c1-3-19-10(17)6-9-11(14)15-12(16-13(9)18)8-4-5-20-7(8)2/h4-5H,3,6H2,1-2H3,(H3,14,15,16,18). The number of rotatable bonds is 4. The van der Waals surface area contributed by atoms with E-state index in [0.717, 1.165) is 0 Å². The molecule has 0 spiro atoms. The molecule has 0 aliphatic carbocycles. The number of ether oxygens (including phenoxy) is 1. The number of H-pyrrole nitrogens is 1. The van der Waals surface area contributed by atoms with Gasteiger partial charge in [-0.15, -0.1) is 0 Å². The van der Waals surface area contributed by atoms with Gasteiger partial charge in [0.1, 0.15) is 17.4 Å². The first-order chi connectivity index (χ1) is 9.52. The number of nitrogen functional groups attached to an aromatic ring is 1. The SMILES string of the molecule is CCOC(=O)Cc1c(N)nc(-c2ccoc2C)[nH]c1=O. The maximum atomic E-state index is 12.0. The molecular weight excluding hydrogens is 262 g/mol. The summed E-state index contributed by atoms with van der Waals surface area (Å²) in [6.45, 7) is 3.68. The van der Waals surface area contributed by atoms with E-state index in [0.29, 0.717) is 17.1 Å². The molecule has 3 N–H and O–H groups in total. The molecule has 0 amide bonds. The number of carbonyl (C=O) groups excluding carboxylic acids is 1. The van der Waals surface area contributed by atoms with Crippen molar-refractivity contribution in [3.63, 3.8) is 0 Å². The van der Waals surface area contributed by atoms with E-state index in [-0.39, 0.29) is 24.4 Å². The van der Waals surface area contributed by atoms with E-state index in [1.165, 1.54) is 6.26 Å². The van der Waals surface area contributed by atoms with Gasteiger partial charge in [0.25, 0.3) is 5.56 Å². The molecule has 20 heavy (non-hydrogen) atoms. The lowest BCUT2D eigenvalue weighted by molar-refractivity contribution is -0.142. The third-order valence-electron chi connectivity index (χ3n) is 2.79. The lowest BCUT2D eigenvalue weighted by atomic mass is 10.2. The van der Waals surface area contributed by atoms with E-state index in [4.69, 9.17) is 14.9 Å². The summed E-state index contributed by atoms with van der Waals surface area (Å²) in [5.41, 5.74) is 6.05. The smallest absolute Gasteiger partial charge is 0.310 e. The van der Waals surface area contributed by atoms with E-state index in [1.807, 2.05) is 0 Å². The average Bonchev–Trinajstić information content (AvgIpc) is 2.80. The van der Waals surface area contributed by atoms with Gasteiger partial charge in [-0.2, -0.15) is 0 Å². The molecule has 2 aromatic heterocycles.